The maximum atomic E-state index is 12.1. The standard InChI is InChI=1S/C13H13BrN2OS/c1-7-3-10(14)12(11(15)4-7)16-13(17)9-6-18-5-8(9)2/h3-6H,15H2,1-2H3,(H,16,17). The minimum atomic E-state index is -0.134. The number of carbonyl (C=O) groups excluding carboxylic acids is 1. The predicted molar refractivity (Wildman–Crippen MR) is 80.3 cm³/mol. The van der Waals surface area contributed by atoms with Gasteiger partial charge in [0.25, 0.3) is 5.91 Å². The molecule has 0 saturated carbocycles. The zero-order valence-corrected chi connectivity index (χ0v) is 12.5. The van der Waals surface area contributed by atoms with Gasteiger partial charge in [-0.15, -0.1) is 0 Å². The van der Waals surface area contributed by atoms with Crippen molar-refractivity contribution >= 4 is 44.5 Å². The van der Waals surface area contributed by atoms with Crippen molar-refractivity contribution in [2.75, 3.05) is 11.1 Å². The lowest BCUT2D eigenvalue weighted by atomic mass is 10.1. The number of anilines is 2. The van der Waals surface area contributed by atoms with Crippen LogP contribution in [-0.4, -0.2) is 5.91 Å². The van der Waals surface area contributed by atoms with Gasteiger partial charge < -0.3 is 11.1 Å². The molecule has 5 heteroatoms. The van der Waals surface area contributed by atoms with Crippen LogP contribution in [0, 0.1) is 13.8 Å². The number of rotatable bonds is 2. The van der Waals surface area contributed by atoms with Crippen molar-refractivity contribution in [2.24, 2.45) is 0 Å². The van der Waals surface area contributed by atoms with Crippen LogP contribution >= 0.6 is 27.3 Å². The van der Waals surface area contributed by atoms with Crippen LogP contribution in [0.15, 0.2) is 27.4 Å². The Bertz CT molecular complexity index is 584. The van der Waals surface area contributed by atoms with E-state index in [0.29, 0.717) is 16.9 Å². The average molecular weight is 325 g/mol. The van der Waals surface area contributed by atoms with Crippen molar-refractivity contribution < 1.29 is 4.79 Å². The lowest BCUT2D eigenvalue weighted by Gasteiger charge is -2.11. The number of thiophene rings is 1. The van der Waals surface area contributed by atoms with Gasteiger partial charge >= 0.3 is 0 Å². The first kappa shape index (κ1) is 13.1. The Morgan fingerprint density at radius 1 is 1.33 bits per heavy atom. The second kappa shape index (κ2) is 5.12. The van der Waals surface area contributed by atoms with Gasteiger partial charge in [0.05, 0.1) is 16.9 Å². The molecule has 3 nitrogen and oxygen atoms in total. The molecule has 1 aromatic heterocycles. The van der Waals surface area contributed by atoms with Crippen molar-refractivity contribution in [3.05, 3.63) is 44.1 Å². The minimum absolute atomic E-state index is 0.134. The van der Waals surface area contributed by atoms with Gasteiger partial charge in [0.1, 0.15) is 0 Å². The Balaban J connectivity index is 2.31. The summed E-state index contributed by atoms with van der Waals surface area (Å²) in [6.45, 7) is 3.87. The Labute approximate surface area is 118 Å². The molecule has 0 aliphatic rings. The molecule has 0 unspecified atom stereocenters. The summed E-state index contributed by atoms with van der Waals surface area (Å²) in [6.07, 6.45) is 0. The molecule has 94 valence electrons. The van der Waals surface area contributed by atoms with Gasteiger partial charge in [-0.1, -0.05) is 0 Å². The Hall–Kier alpha value is -1.33. The van der Waals surface area contributed by atoms with Crippen LogP contribution in [0.25, 0.3) is 0 Å². The average Bonchev–Trinajstić information content (AvgIpc) is 2.69. The van der Waals surface area contributed by atoms with Gasteiger partial charge in [0.2, 0.25) is 0 Å². The lowest BCUT2D eigenvalue weighted by Crippen LogP contribution is -2.14. The Morgan fingerprint density at radius 3 is 2.61 bits per heavy atom. The summed E-state index contributed by atoms with van der Waals surface area (Å²) in [5.74, 6) is -0.134. The fourth-order valence-electron chi connectivity index (χ4n) is 1.67. The third kappa shape index (κ3) is 2.57. The molecular weight excluding hydrogens is 312 g/mol. The van der Waals surface area contributed by atoms with Crippen LogP contribution in [0.5, 0.6) is 0 Å². The zero-order chi connectivity index (χ0) is 13.3. The number of hydrogen-bond acceptors (Lipinski definition) is 3. The zero-order valence-electron chi connectivity index (χ0n) is 10.1. The van der Waals surface area contributed by atoms with E-state index in [-0.39, 0.29) is 5.91 Å². The van der Waals surface area contributed by atoms with Gasteiger partial charge in [-0.2, -0.15) is 11.3 Å². The van der Waals surface area contributed by atoms with Crippen molar-refractivity contribution in [3.8, 4) is 0 Å². The fraction of sp³-hybridized carbons (Fsp3) is 0.154. The van der Waals surface area contributed by atoms with Gasteiger partial charge in [-0.25, -0.2) is 0 Å². The SMILES string of the molecule is Cc1cc(N)c(NC(=O)c2cscc2C)c(Br)c1. The van der Waals surface area contributed by atoms with Gasteiger partial charge in [-0.3, -0.25) is 4.79 Å². The number of nitrogens with one attached hydrogen (secondary N) is 1. The number of hydrogen-bond donors (Lipinski definition) is 2. The fourth-order valence-corrected chi connectivity index (χ4v) is 3.19. The van der Waals surface area contributed by atoms with E-state index in [0.717, 1.165) is 15.6 Å². The molecule has 0 fully saturated rings. The number of nitrogen functional groups attached to an aromatic ring is 1. The van der Waals surface area contributed by atoms with E-state index in [4.69, 9.17) is 5.73 Å². The van der Waals surface area contributed by atoms with Crippen LogP contribution in [0.1, 0.15) is 21.5 Å². The highest BCUT2D eigenvalue weighted by molar-refractivity contribution is 9.10. The molecule has 1 amide bonds. The van der Waals surface area contributed by atoms with Crippen LogP contribution in [0.4, 0.5) is 11.4 Å². The molecule has 0 radical (unpaired) electrons. The molecule has 1 aromatic carbocycles. The van der Waals surface area contributed by atoms with E-state index in [9.17, 15) is 4.79 Å². The maximum Gasteiger partial charge on any atom is 0.256 e. The number of amides is 1. The molecular formula is C13H13BrN2OS. The van der Waals surface area contributed by atoms with Gasteiger partial charge in [0.15, 0.2) is 0 Å². The monoisotopic (exact) mass is 324 g/mol. The van der Waals surface area contributed by atoms with E-state index in [1.54, 1.807) is 0 Å². The lowest BCUT2D eigenvalue weighted by molar-refractivity contribution is 0.102. The molecule has 0 bridgehead atoms. The largest absolute Gasteiger partial charge is 0.397 e. The second-order valence-corrected chi connectivity index (χ2v) is 5.73. The smallest absolute Gasteiger partial charge is 0.256 e. The van der Waals surface area contributed by atoms with E-state index >= 15 is 0 Å². The summed E-state index contributed by atoms with van der Waals surface area (Å²) in [5.41, 5.74) is 9.80. The van der Waals surface area contributed by atoms with Crippen LogP contribution in [-0.2, 0) is 0 Å². The third-order valence-corrected chi connectivity index (χ3v) is 4.09. The summed E-state index contributed by atoms with van der Waals surface area (Å²) in [6, 6.07) is 3.76. The highest BCUT2D eigenvalue weighted by Gasteiger charge is 2.13. The van der Waals surface area contributed by atoms with E-state index in [1.165, 1.54) is 11.3 Å². The summed E-state index contributed by atoms with van der Waals surface area (Å²) < 4.78 is 0.793. The molecule has 0 aliphatic heterocycles. The Morgan fingerprint density at radius 2 is 2.06 bits per heavy atom. The Kier molecular flexibility index (Phi) is 3.73. The second-order valence-electron chi connectivity index (χ2n) is 4.13. The van der Waals surface area contributed by atoms with Crippen molar-refractivity contribution in [2.45, 2.75) is 13.8 Å². The molecule has 0 aliphatic carbocycles. The highest BCUT2D eigenvalue weighted by Crippen LogP contribution is 2.31. The quantitative estimate of drug-likeness (QED) is 0.821. The molecule has 18 heavy (non-hydrogen) atoms. The van der Waals surface area contributed by atoms with Crippen LogP contribution < -0.4 is 11.1 Å². The summed E-state index contributed by atoms with van der Waals surface area (Å²) >= 11 is 4.93. The summed E-state index contributed by atoms with van der Waals surface area (Å²) in [4.78, 5) is 12.1. The summed E-state index contributed by atoms with van der Waals surface area (Å²) in [7, 11) is 0. The van der Waals surface area contributed by atoms with Gasteiger partial charge in [0, 0.05) is 9.85 Å². The van der Waals surface area contributed by atoms with Crippen molar-refractivity contribution in [1.29, 1.82) is 0 Å². The van der Waals surface area contributed by atoms with E-state index in [1.807, 2.05) is 36.7 Å². The first-order valence-electron chi connectivity index (χ1n) is 5.39. The highest BCUT2D eigenvalue weighted by atomic mass is 79.9. The number of halogens is 1. The molecule has 0 spiro atoms. The summed E-state index contributed by atoms with van der Waals surface area (Å²) in [5, 5.41) is 6.63. The molecule has 0 atom stereocenters. The van der Waals surface area contributed by atoms with Crippen LogP contribution in [0.2, 0.25) is 0 Å². The van der Waals surface area contributed by atoms with Crippen LogP contribution in [0.3, 0.4) is 0 Å². The number of carbonyl (C=O) groups is 1. The topological polar surface area (TPSA) is 55.1 Å². The van der Waals surface area contributed by atoms with E-state index < -0.39 is 0 Å². The molecule has 2 rings (SSSR count). The first-order chi connectivity index (χ1) is 8.49. The normalized spacial score (nSPS) is 10.4. The van der Waals surface area contributed by atoms with Crippen molar-refractivity contribution in [3.63, 3.8) is 0 Å². The molecule has 1 heterocycles. The molecule has 0 saturated heterocycles. The number of benzene rings is 1. The maximum absolute atomic E-state index is 12.1. The first-order valence-corrected chi connectivity index (χ1v) is 7.12. The van der Waals surface area contributed by atoms with E-state index in [2.05, 4.69) is 21.2 Å². The molecule has 2 aromatic rings. The van der Waals surface area contributed by atoms with Gasteiger partial charge in [-0.05, 0) is 58.4 Å². The number of aryl methyl sites for hydroxylation is 2. The predicted octanol–water partition coefficient (Wildman–Crippen LogP) is 3.96. The van der Waals surface area contributed by atoms with Crippen molar-refractivity contribution in [1.82, 2.24) is 0 Å². The molecule has 3 N–H and O–H groups in total. The third-order valence-electron chi connectivity index (χ3n) is 2.60. The number of nitrogens with two attached hydrogens (primary N) is 1. The minimum Gasteiger partial charge on any atom is -0.397 e.